The van der Waals surface area contributed by atoms with Crippen LogP contribution in [0.2, 0.25) is 5.15 Å². The van der Waals surface area contributed by atoms with E-state index in [-0.39, 0.29) is 18.1 Å². The zero-order valence-electron chi connectivity index (χ0n) is 9.65. The van der Waals surface area contributed by atoms with Gasteiger partial charge in [-0.3, -0.25) is 4.79 Å². The van der Waals surface area contributed by atoms with Crippen molar-refractivity contribution < 1.29 is 9.53 Å². The standard InChI is InChI=1S/C12H15ClN2O2/c1-2-17-9-6-8(7-9)14-12(16)10-4-3-5-11(13)15-10/h3-5,8-9H,2,6-7H2,1H3,(H,14,16). The Balaban J connectivity index is 1.83. The molecule has 1 aromatic rings. The van der Waals surface area contributed by atoms with E-state index in [9.17, 15) is 4.79 Å². The summed E-state index contributed by atoms with van der Waals surface area (Å²) < 4.78 is 5.43. The van der Waals surface area contributed by atoms with E-state index in [2.05, 4.69) is 10.3 Å². The predicted octanol–water partition coefficient (Wildman–Crippen LogP) is 2.03. The van der Waals surface area contributed by atoms with Crippen LogP contribution in [0.1, 0.15) is 30.3 Å². The van der Waals surface area contributed by atoms with E-state index in [1.54, 1.807) is 18.2 Å². The van der Waals surface area contributed by atoms with E-state index in [1.165, 1.54) is 0 Å². The van der Waals surface area contributed by atoms with Gasteiger partial charge in [0.1, 0.15) is 10.8 Å². The van der Waals surface area contributed by atoms with E-state index < -0.39 is 0 Å². The van der Waals surface area contributed by atoms with Crippen molar-refractivity contribution >= 4 is 17.5 Å². The third kappa shape index (κ3) is 3.17. The molecule has 1 aliphatic rings. The highest BCUT2D eigenvalue weighted by molar-refractivity contribution is 6.29. The minimum atomic E-state index is -0.174. The monoisotopic (exact) mass is 254 g/mol. The van der Waals surface area contributed by atoms with Crippen LogP contribution in [-0.4, -0.2) is 29.6 Å². The van der Waals surface area contributed by atoms with Gasteiger partial charge in [0.15, 0.2) is 0 Å². The van der Waals surface area contributed by atoms with Crippen LogP contribution in [0.15, 0.2) is 18.2 Å². The molecule has 4 nitrogen and oxygen atoms in total. The quantitative estimate of drug-likeness (QED) is 0.837. The van der Waals surface area contributed by atoms with Gasteiger partial charge in [0.25, 0.3) is 5.91 Å². The molecule has 1 heterocycles. The summed E-state index contributed by atoms with van der Waals surface area (Å²) in [4.78, 5) is 15.8. The number of amides is 1. The number of halogens is 1. The fourth-order valence-electron chi connectivity index (χ4n) is 1.85. The van der Waals surface area contributed by atoms with Crippen LogP contribution in [0.4, 0.5) is 0 Å². The summed E-state index contributed by atoms with van der Waals surface area (Å²) in [7, 11) is 0. The van der Waals surface area contributed by atoms with E-state index >= 15 is 0 Å². The smallest absolute Gasteiger partial charge is 0.270 e. The van der Waals surface area contributed by atoms with Crippen LogP contribution >= 0.6 is 11.6 Å². The van der Waals surface area contributed by atoms with Gasteiger partial charge in [0.2, 0.25) is 0 Å². The normalized spacial score (nSPS) is 22.9. The SMILES string of the molecule is CCOC1CC(NC(=O)c2cccc(Cl)n2)C1. The summed E-state index contributed by atoms with van der Waals surface area (Å²) >= 11 is 5.73. The van der Waals surface area contributed by atoms with Crippen LogP contribution in [0, 0.1) is 0 Å². The van der Waals surface area contributed by atoms with Crippen molar-refractivity contribution in [1.82, 2.24) is 10.3 Å². The van der Waals surface area contributed by atoms with E-state index in [0.717, 1.165) is 19.4 Å². The average Bonchev–Trinajstić information content (AvgIpc) is 2.26. The van der Waals surface area contributed by atoms with Crippen LogP contribution in [-0.2, 0) is 4.74 Å². The lowest BCUT2D eigenvalue weighted by atomic mass is 9.89. The first-order valence-corrected chi connectivity index (χ1v) is 6.12. The Morgan fingerprint density at radius 1 is 1.59 bits per heavy atom. The molecule has 0 atom stereocenters. The van der Waals surface area contributed by atoms with Gasteiger partial charge in [0, 0.05) is 12.6 Å². The lowest BCUT2D eigenvalue weighted by molar-refractivity contribution is -0.00867. The summed E-state index contributed by atoms with van der Waals surface area (Å²) in [5.41, 5.74) is 0.359. The maximum atomic E-state index is 11.8. The summed E-state index contributed by atoms with van der Waals surface area (Å²) in [6, 6.07) is 5.21. The molecule has 1 N–H and O–H groups in total. The fraction of sp³-hybridized carbons (Fsp3) is 0.500. The highest BCUT2D eigenvalue weighted by atomic mass is 35.5. The number of carbonyl (C=O) groups is 1. The Morgan fingerprint density at radius 3 is 3.00 bits per heavy atom. The molecule has 0 aromatic carbocycles. The molecule has 1 aromatic heterocycles. The van der Waals surface area contributed by atoms with Crippen molar-refractivity contribution in [2.24, 2.45) is 0 Å². The number of carbonyl (C=O) groups excluding carboxylic acids is 1. The fourth-order valence-corrected chi connectivity index (χ4v) is 2.01. The minimum absolute atomic E-state index is 0.174. The molecule has 0 unspecified atom stereocenters. The van der Waals surface area contributed by atoms with Crippen LogP contribution in [0.3, 0.4) is 0 Å². The molecule has 1 amide bonds. The lowest BCUT2D eigenvalue weighted by Crippen LogP contribution is -2.48. The lowest BCUT2D eigenvalue weighted by Gasteiger charge is -2.35. The number of rotatable bonds is 4. The van der Waals surface area contributed by atoms with E-state index in [4.69, 9.17) is 16.3 Å². The van der Waals surface area contributed by atoms with Gasteiger partial charge >= 0.3 is 0 Å². The third-order valence-corrected chi connectivity index (χ3v) is 2.99. The molecule has 0 aliphatic heterocycles. The van der Waals surface area contributed by atoms with Gasteiger partial charge in [-0.15, -0.1) is 0 Å². The molecule has 0 spiro atoms. The van der Waals surface area contributed by atoms with Gasteiger partial charge < -0.3 is 10.1 Å². The molecule has 17 heavy (non-hydrogen) atoms. The molecule has 5 heteroatoms. The van der Waals surface area contributed by atoms with Crippen molar-refractivity contribution in [1.29, 1.82) is 0 Å². The number of ether oxygens (including phenoxy) is 1. The van der Waals surface area contributed by atoms with Gasteiger partial charge in [0.05, 0.1) is 6.10 Å². The number of hydrogen-bond donors (Lipinski definition) is 1. The predicted molar refractivity (Wildman–Crippen MR) is 65.1 cm³/mol. The second kappa shape index (κ2) is 5.47. The zero-order chi connectivity index (χ0) is 12.3. The van der Waals surface area contributed by atoms with Gasteiger partial charge in [-0.1, -0.05) is 17.7 Å². The first-order valence-electron chi connectivity index (χ1n) is 5.74. The Hall–Kier alpha value is -1.13. The molecule has 1 saturated carbocycles. The van der Waals surface area contributed by atoms with Crippen molar-refractivity contribution in [3.63, 3.8) is 0 Å². The van der Waals surface area contributed by atoms with Crippen LogP contribution in [0.5, 0.6) is 0 Å². The first-order chi connectivity index (χ1) is 8.19. The van der Waals surface area contributed by atoms with Gasteiger partial charge in [-0.2, -0.15) is 0 Å². The van der Waals surface area contributed by atoms with Crippen LogP contribution in [0.25, 0.3) is 0 Å². The van der Waals surface area contributed by atoms with Crippen molar-refractivity contribution in [2.75, 3.05) is 6.61 Å². The number of nitrogens with one attached hydrogen (secondary N) is 1. The zero-order valence-corrected chi connectivity index (χ0v) is 10.4. The second-order valence-corrected chi connectivity index (χ2v) is 4.45. The number of hydrogen-bond acceptors (Lipinski definition) is 3. The van der Waals surface area contributed by atoms with Crippen molar-refractivity contribution in [3.05, 3.63) is 29.0 Å². The molecular formula is C12H15ClN2O2. The Labute approximate surface area is 105 Å². The molecule has 92 valence electrons. The van der Waals surface area contributed by atoms with Crippen molar-refractivity contribution in [2.45, 2.75) is 31.9 Å². The van der Waals surface area contributed by atoms with Gasteiger partial charge in [-0.05, 0) is 31.9 Å². The Morgan fingerprint density at radius 2 is 2.35 bits per heavy atom. The topological polar surface area (TPSA) is 51.2 Å². The maximum absolute atomic E-state index is 11.8. The molecular weight excluding hydrogens is 240 g/mol. The number of aromatic nitrogens is 1. The summed E-state index contributed by atoms with van der Waals surface area (Å²) in [6.07, 6.45) is 2.04. The Kier molecular flexibility index (Phi) is 3.97. The maximum Gasteiger partial charge on any atom is 0.270 e. The molecule has 1 aliphatic carbocycles. The highest BCUT2D eigenvalue weighted by Gasteiger charge is 2.30. The minimum Gasteiger partial charge on any atom is -0.378 e. The van der Waals surface area contributed by atoms with Crippen molar-refractivity contribution in [3.8, 4) is 0 Å². The third-order valence-electron chi connectivity index (χ3n) is 2.78. The highest BCUT2D eigenvalue weighted by Crippen LogP contribution is 2.23. The van der Waals surface area contributed by atoms with Gasteiger partial charge in [-0.25, -0.2) is 4.98 Å². The molecule has 0 saturated heterocycles. The first kappa shape index (κ1) is 12.3. The summed E-state index contributed by atoms with van der Waals surface area (Å²) in [5, 5.41) is 3.24. The van der Waals surface area contributed by atoms with E-state index in [0.29, 0.717) is 10.8 Å². The molecule has 0 radical (unpaired) electrons. The second-order valence-electron chi connectivity index (χ2n) is 4.06. The van der Waals surface area contributed by atoms with E-state index in [1.807, 2.05) is 6.92 Å². The number of pyridine rings is 1. The average molecular weight is 255 g/mol. The summed E-state index contributed by atoms with van der Waals surface area (Å²) in [6.45, 7) is 2.70. The molecule has 1 fully saturated rings. The Bertz CT molecular complexity index is 405. The molecule has 2 rings (SSSR count). The molecule has 0 bridgehead atoms. The van der Waals surface area contributed by atoms with Crippen LogP contribution < -0.4 is 5.32 Å². The number of nitrogens with zero attached hydrogens (tertiary/aromatic N) is 1. The largest absolute Gasteiger partial charge is 0.378 e. The summed E-state index contributed by atoms with van der Waals surface area (Å²) in [5.74, 6) is -0.174.